The Labute approximate surface area is 87.4 Å². The second-order valence-corrected chi connectivity index (χ2v) is 3.18. The number of aliphatic hydroxyl groups is 1. The molecule has 0 aromatic carbocycles. The molecule has 5 nitrogen and oxygen atoms in total. The Hall–Kier alpha value is -1.75. The first-order valence-electron chi connectivity index (χ1n) is 4.79. The van der Waals surface area contributed by atoms with Crippen molar-refractivity contribution in [3.63, 3.8) is 0 Å². The lowest BCUT2D eigenvalue weighted by molar-refractivity contribution is 0.281. The zero-order chi connectivity index (χ0) is 10.7. The maximum Gasteiger partial charge on any atom is 0.155 e. The van der Waals surface area contributed by atoms with E-state index in [9.17, 15) is 0 Å². The average molecular weight is 204 g/mol. The number of aryl methyl sites for hydroxylation is 1. The summed E-state index contributed by atoms with van der Waals surface area (Å²) in [7, 11) is 0. The molecule has 0 aliphatic rings. The Bertz CT molecular complexity index is 416. The maximum atomic E-state index is 9.11. The number of nitrogens with zero attached hydrogens (tertiary/aromatic N) is 4. The van der Waals surface area contributed by atoms with Gasteiger partial charge in [-0.3, -0.25) is 0 Å². The van der Waals surface area contributed by atoms with Crippen LogP contribution < -0.4 is 0 Å². The van der Waals surface area contributed by atoms with E-state index >= 15 is 0 Å². The van der Waals surface area contributed by atoms with Gasteiger partial charge in [-0.05, 0) is 24.1 Å². The molecule has 0 aliphatic heterocycles. The molecule has 0 fully saturated rings. The molecule has 2 rings (SSSR count). The largest absolute Gasteiger partial charge is 0.392 e. The van der Waals surface area contributed by atoms with Gasteiger partial charge in [-0.15, -0.1) is 0 Å². The van der Waals surface area contributed by atoms with Crippen LogP contribution in [0.1, 0.15) is 18.2 Å². The van der Waals surface area contributed by atoms with Crippen LogP contribution >= 0.6 is 0 Å². The van der Waals surface area contributed by atoms with E-state index in [0.717, 1.165) is 17.7 Å². The lowest BCUT2D eigenvalue weighted by Gasteiger charge is -2.05. The molecule has 0 unspecified atom stereocenters. The Morgan fingerprint density at radius 1 is 1.40 bits per heavy atom. The Morgan fingerprint density at radius 3 is 2.87 bits per heavy atom. The van der Waals surface area contributed by atoms with E-state index in [4.69, 9.17) is 5.11 Å². The molecule has 0 aliphatic carbocycles. The second kappa shape index (κ2) is 4.18. The Morgan fingerprint density at radius 2 is 2.27 bits per heavy atom. The fourth-order valence-electron chi connectivity index (χ4n) is 1.35. The fourth-order valence-corrected chi connectivity index (χ4v) is 1.35. The van der Waals surface area contributed by atoms with Crippen LogP contribution in [0, 0.1) is 0 Å². The van der Waals surface area contributed by atoms with Crippen LogP contribution in [0.25, 0.3) is 5.82 Å². The van der Waals surface area contributed by atoms with Gasteiger partial charge >= 0.3 is 0 Å². The van der Waals surface area contributed by atoms with E-state index in [1.807, 2.05) is 13.0 Å². The summed E-state index contributed by atoms with van der Waals surface area (Å²) in [5.41, 5.74) is 1.78. The third kappa shape index (κ3) is 2.02. The monoisotopic (exact) mass is 204 g/mol. The predicted molar refractivity (Wildman–Crippen MR) is 54.5 cm³/mol. The van der Waals surface area contributed by atoms with Gasteiger partial charge in [-0.1, -0.05) is 6.92 Å². The molecule has 0 saturated heterocycles. The normalized spacial score (nSPS) is 10.5. The summed E-state index contributed by atoms with van der Waals surface area (Å²) in [6, 6.07) is 3.69. The predicted octanol–water partition coefficient (Wildman–Crippen LogP) is 0.717. The molecule has 1 N–H and O–H groups in total. The van der Waals surface area contributed by atoms with Crippen LogP contribution in [0.15, 0.2) is 24.8 Å². The van der Waals surface area contributed by atoms with Gasteiger partial charge in [0.15, 0.2) is 5.82 Å². The van der Waals surface area contributed by atoms with Crippen molar-refractivity contribution in [3.05, 3.63) is 36.0 Å². The number of aliphatic hydroxyl groups excluding tert-OH is 1. The highest BCUT2D eigenvalue weighted by Gasteiger charge is 2.03. The minimum Gasteiger partial charge on any atom is -0.392 e. The summed E-state index contributed by atoms with van der Waals surface area (Å²) in [4.78, 5) is 8.25. The third-order valence-corrected chi connectivity index (χ3v) is 2.12. The van der Waals surface area contributed by atoms with E-state index in [2.05, 4.69) is 15.1 Å². The number of pyridine rings is 1. The highest BCUT2D eigenvalue weighted by Crippen LogP contribution is 2.09. The molecule has 0 spiro atoms. The average Bonchev–Trinajstić information content (AvgIpc) is 2.81. The molecule has 0 radical (unpaired) electrons. The van der Waals surface area contributed by atoms with Crippen molar-refractivity contribution in [2.75, 3.05) is 0 Å². The molecular weight excluding hydrogens is 192 g/mol. The van der Waals surface area contributed by atoms with Crippen molar-refractivity contribution < 1.29 is 5.11 Å². The van der Waals surface area contributed by atoms with Gasteiger partial charge in [0.25, 0.3) is 0 Å². The van der Waals surface area contributed by atoms with Gasteiger partial charge in [0.2, 0.25) is 0 Å². The molecule has 78 valence electrons. The van der Waals surface area contributed by atoms with Gasteiger partial charge in [0, 0.05) is 5.69 Å². The van der Waals surface area contributed by atoms with Crippen molar-refractivity contribution in [2.45, 2.75) is 20.0 Å². The SMILES string of the molecule is CCc1cc(CO)cc(-n2cncn2)n1. The van der Waals surface area contributed by atoms with E-state index in [-0.39, 0.29) is 6.61 Å². The van der Waals surface area contributed by atoms with Gasteiger partial charge in [-0.2, -0.15) is 5.10 Å². The summed E-state index contributed by atoms with van der Waals surface area (Å²) >= 11 is 0. The van der Waals surface area contributed by atoms with Gasteiger partial charge in [0.05, 0.1) is 6.61 Å². The standard InChI is InChI=1S/C10H12N4O/c1-2-9-3-8(5-15)4-10(13-9)14-7-11-6-12-14/h3-4,6-7,15H,2,5H2,1H3. The second-order valence-electron chi connectivity index (χ2n) is 3.18. The van der Waals surface area contributed by atoms with Crippen molar-refractivity contribution >= 4 is 0 Å². The molecule has 2 aromatic rings. The molecule has 0 amide bonds. The van der Waals surface area contributed by atoms with Gasteiger partial charge < -0.3 is 5.11 Å². The van der Waals surface area contributed by atoms with E-state index in [1.165, 1.54) is 6.33 Å². The Balaban J connectivity index is 2.47. The first kappa shape index (κ1) is 9.79. The lowest BCUT2D eigenvalue weighted by Crippen LogP contribution is -2.02. The van der Waals surface area contributed by atoms with Gasteiger partial charge in [0.1, 0.15) is 12.7 Å². The first-order chi connectivity index (χ1) is 7.33. The van der Waals surface area contributed by atoms with Gasteiger partial charge in [-0.25, -0.2) is 14.6 Å². The summed E-state index contributed by atoms with van der Waals surface area (Å²) < 4.78 is 1.58. The summed E-state index contributed by atoms with van der Waals surface area (Å²) in [5, 5.41) is 13.1. The summed E-state index contributed by atoms with van der Waals surface area (Å²) in [6.45, 7) is 2.03. The van der Waals surface area contributed by atoms with Crippen LogP contribution in [0.3, 0.4) is 0 Å². The highest BCUT2D eigenvalue weighted by atomic mass is 16.3. The zero-order valence-electron chi connectivity index (χ0n) is 8.46. The molecule has 2 aromatic heterocycles. The van der Waals surface area contributed by atoms with Crippen molar-refractivity contribution in [1.29, 1.82) is 0 Å². The molecular formula is C10H12N4O. The van der Waals surface area contributed by atoms with E-state index in [0.29, 0.717) is 5.82 Å². The van der Waals surface area contributed by atoms with E-state index in [1.54, 1.807) is 17.1 Å². The van der Waals surface area contributed by atoms with E-state index < -0.39 is 0 Å². The topological polar surface area (TPSA) is 63.8 Å². The molecule has 0 saturated carbocycles. The first-order valence-corrected chi connectivity index (χ1v) is 4.79. The van der Waals surface area contributed by atoms with Crippen molar-refractivity contribution in [1.82, 2.24) is 19.7 Å². The summed E-state index contributed by atoms with van der Waals surface area (Å²) in [6.07, 6.45) is 3.87. The number of rotatable bonds is 3. The number of aromatic nitrogens is 4. The van der Waals surface area contributed by atoms with Crippen LogP contribution in [0.5, 0.6) is 0 Å². The smallest absolute Gasteiger partial charge is 0.155 e. The minimum atomic E-state index is 0.0111. The molecule has 0 atom stereocenters. The molecule has 5 heteroatoms. The molecule has 0 bridgehead atoms. The molecule has 2 heterocycles. The number of hydrogen-bond donors (Lipinski definition) is 1. The highest BCUT2D eigenvalue weighted by molar-refractivity contribution is 5.29. The van der Waals surface area contributed by atoms with Crippen molar-refractivity contribution in [2.24, 2.45) is 0 Å². The van der Waals surface area contributed by atoms with Crippen LogP contribution in [0.2, 0.25) is 0 Å². The summed E-state index contributed by atoms with van der Waals surface area (Å²) in [5.74, 6) is 0.691. The maximum absolute atomic E-state index is 9.11. The molecule has 15 heavy (non-hydrogen) atoms. The zero-order valence-corrected chi connectivity index (χ0v) is 8.46. The lowest BCUT2D eigenvalue weighted by atomic mass is 10.2. The van der Waals surface area contributed by atoms with Crippen LogP contribution in [-0.4, -0.2) is 24.9 Å². The quantitative estimate of drug-likeness (QED) is 0.800. The fraction of sp³-hybridized carbons (Fsp3) is 0.300. The third-order valence-electron chi connectivity index (χ3n) is 2.12. The number of hydrogen-bond acceptors (Lipinski definition) is 4. The van der Waals surface area contributed by atoms with Crippen LogP contribution in [0.4, 0.5) is 0 Å². The minimum absolute atomic E-state index is 0.0111. The van der Waals surface area contributed by atoms with Crippen LogP contribution in [-0.2, 0) is 13.0 Å². The van der Waals surface area contributed by atoms with Crippen molar-refractivity contribution in [3.8, 4) is 5.82 Å². The Kier molecular flexibility index (Phi) is 2.73.